The van der Waals surface area contributed by atoms with Crippen LogP contribution in [0, 0.1) is 15.9 Å². The highest BCUT2D eigenvalue weighted by Crippen LogP contribution is 2.31. The number of halogens is 2. The summed E-state index contributed by atoms with van der Waals surface area (Å²) >= 11 is 5.89. The Morgan fingerprint density at radius 3 is 2.55 bits per heavy atom. The fourth-order valence-corrected chi connectivity index (χ4v) is 1.73. The Hall–Kier alpha value is -2.47. The second-order valence-corrected chi connectivity index (χ2v) is 4.19. The first-order chi connectivity index (χ1) is 9.51. The van der Waals surface area contributed by atoms with Gasteiger partial charge in [0.2, 0.25) is 5.82 Å². The van der Waals surface area contributed by atoms with Crippen LogP contribution in [-0.2, 0) is 0 Å². The summed E-state index contributed by atoms with van der Waals surface area (Å²) in [7, 11) is 0. The molecule has 20 heavy (non-hydrogen) atoms. The fourth-order valence-electron chi connectivity index (χ4n) is 1.50. The van der Waals surface area contributed by atoms with Gasteiger partial charge in [-0.2, -0.15) is 4.39 Å². The molecule has 0 aliphatic carbocycles. The molecule has 102 valence electrons. The van der Waals surface area contributed by atoms with Crippen LogP contribution in [0.3, 0.4) is 0 Å². The third-order valence-electron chi connectivity index (χ3n) is 2.44. The molecule has 0 heterocycles. The van der Waals surface area contributed by atoms with E-state index in [2.05, 4.69) is 0 Å². The number of carbonyl (C=O) groups excluding carboxylic acids is 1. The highest BCUT2D eigenvalue weighted by atomic mass is 35.5. The van der Waals surface area contributed by atoms with E-state index in [0.29, 0.717) is 11.8 Å². The first kappa shape index (κ1) is 14.0. The highest BCUT2D eigenvalue weighted by molar-refractivity contribution is 6.32. The van der Waals surface area contributed by atoms with Gasteiger partial charge in [-0.1, -0.05) is 11.6 Å². The summed E-state index contributed by atoms with van der Waals surface area (Å²) in [6.07, 6.45) is 0.626. The van der Waals surface area contributed by atoms with Crippen molar-refractivity contribution in [1.29, 1.82) is 0 Å². The number of hydrogen-bond acceptors (Lipinski definition) is 4. The van der Waals surface area contributed by atoms with Gasteiger partial charge in [-0.25, -0.2) is 0 Å². The van der Waals surface area contributed by atoms with Gasteiger partial charge in [0, 0.05) is 17.7 Å². The number of aldehydes is 1. The van der Waals surface area contributed by atoms with E-state index in [4.69, 9.17) is 16.3 Å². The van der Waals surface area contributed by atoms with Crippen molar-refractivity contribution in [2.24, 2.45) is 0 Å². The predicted octanol–water partition coefficient (Wildman–Crippen LogP) is 3.99. The second kappa shape index (κ2) is 5.66. The SMILES string of the molecule is O=Cc1ccc(Oc2ccc([N+](=O)[O-])c(F)c2)c(Cl)c1. The van der Waals surface area contributed by atoms with Crippen LogP contribution in [-0.4, -0.2) is 11.2 Å². The van der Waals surface area contributed by atoms with Crippen molar-refractivity contribution >= 4 is 23.6 Å². The first-order valence-electron chi connectivity index (χ1n) is 5.38. The lowest BCUT2D eigenvalue weighted by Gasteiger charge is -2.08. The molecule has 0 amide bonds. The molecule has 7 heteroatoms. The number of nitro groups is 1. The lowest BCUT2D eigenvalue weighted by molar-refractivity contribution is -0.387. The molecular weight excluding hydrogens is 289 g/mol. The third kappa shape index (κ3) is 2.92. The van der Waals surface area contributed by atoms with E-state index in [1.54, 1.807) is 0 Å². The van der Waals surface area contributed by atoms with Crippen molar-refractivity contribution in [3.8, 4) is 11.5 Å². The Morgan fingerprint density at radius 1 is 1.25 bits per heavy atom. The summed E-state index contributed by atoms with van der Waals surface area (Å²) in [6, 6.07) is 7.47. The molecule has 5 nitrogen and oxygen atoms in total. The highest BCUT2D eigenvalue weighted by Gasteiger charge is 2.15. The monoisotopic (exact) mass is 295 g/mol. The zero-order valence-corrected chi connectivity index (χ0v) is 10.6. The van der Waals surface area contributed by atoms with E-state index < -0.39 is 16.4 Å². The lowest BCUT2D eigenvalue weighted by atomic mass is 10.2. The summed E-state index contributed by atoms with van der Waals surface area (Å²) in [5, 5.41) is 10.7. The molecule has 0 radical (unpaired) electrons. The number of nitrogens with zero attached hydrogens (tertiary/aromatic N) is 1. The largest absolute Gasteiger partial charge is 0.456 e. The van der Waals surface area contributed by atoms with Gasteiger partial charge in [-0.05, 0) is 24.3 Å². The van der Waals surface area contributed by atoms with Crippen molar-refractivity contribution in [2.75, 3.05) is 0 Å². The van der Waals surface area contributed by atoms with E-state index in [0.717, 1.165) is 12.1 Å². The third-order valence-corrected chi connectivity index (χ3v) is 2.73. The molecule has 0 aliphatic heterocycles. The summed E-state index contributed by atoms with van der Waals surface area (Å²) in [6.45, 7) is 0. The molecular formula is C13H7ClFNO4. The minimum absolute atomic E-state index is 0.0638. The van der Waals surface area contributed by atoms with E-state index in [1.165, 1.54) is 24.3 Å². The molecule has 0 unspecified atom stereocenters. The van der Waals surface area contributed by atoms with Gasteiger partial charge in [-0.3, -0.25) is 14.9 Å². The number of benzene rings is 2. The molecule has 0 atom stereocenters. The second-order valence-electron chi connectivity index (χ2n) is 3.78. The number of nitro benzene ring substituents is 1. The van der Waals surface area contributed by atoms with Gasteiger partial charge in [0.1, 0.15) is 17.8 Å². The quantitative estimate of drug-likeness (QED) is 0.486. The molecule has 0 bridgehead atoms. The maximum absolute atomic E-state index is 13.4. The lowest BCUT2D eigenvalue weighted by Crippen LogP contribution is -1.93. The van der Waals surface area contributed by atoms with E-state index in [-0.39, 0.29) is 16.5 Å². The summed E-state index contributed by atoms with van der Waals surface area (Å²) in [4.78, 5) is 20.2. The Labute approximate surface area is 117 Å². The first-order valence-corrected chi connectivity index (χ1v) is 5.75. The molecule has 2 aromatic carbocycles. The molecule has 0 spiro atoms. The molecule has 0 aromatic heterocycles. The number of hydrogen-bond donors (Lipinski definition) is 0. The average Bonchev–Trinajstić information content (AvgIpc) is 2.40. The molecule has 0 saturated heterocycles. The molecule has 0 fully saturated rings. The zero-order valence-electron chi connectivity index (χ0n) is 9.88. The fraction of sp³-hybridized carbons (Fsp3) is 0. The van der Waals surface area contributed by atoms with E-state index >= 15 is 0 Å². The van der Waals surface area contributed by atoms with Crippen LogP contribution in [0.5, 0.6) is 11.5 Å². The molecule has 2 rings (SSSR count). The number of carbonyl (C=O) groups is 1. The van der Waals surface area contributed by atoms with Crippen molar-refractivity contribution in [3.63, 3.8) is 0 Å². The maximum Gasteiger partial charge on any atom is 0.305 e. The van der Waals surface area contributed by atoms with Gasteiger partial charge in [0.25, 0.3) is 0 Å². The van der Waals surface area contributed by atoms with Crippen LogP contribution >= 0.6 is 11.6 Å². The van der Waals surface area contributed by atoms with Gasteiger partial charge in [0.15, 0.2) is 0 Å². The van der Waals surface area contributed by atoms with E-state index in [9.17, 15) is 19.3 Å². The number of ether oxygens (including phenoxy) is 1. The molecule has 0 saturated carbocycles. The van der Waals surface area contributed by atoms with Crippen LogP contribution in [0.1, 0.15) is 10.4 Å². The van der Waals surface area contributed by atoms with Crippen molar-refractivity contribution in [3.05, 3.63) is 62.9 Å². The van der Waals surface area contributed by atoms with Crippen LogP contribution in [0.15, 0.2) is 36.4 Å². The Kier molecular flexibility index (Phi) is 3.95. The Bertz CT molecular complexity index is 690. The van der Waals surface area contributed by atoms with Crippen LogP contribution in [0.4, 0.5) is 10.1 Å². The average molecular weight is 296 g/mol. The molecule has 2 aromatic rings. The van der Waals surface area contributed by atoms with E-state index in [1.807, 2.05) is 0 Å². The van der Waals surface area contributed by atoms with Gasteiger partial charge in [-0.15, -0.1) is 0 Å². The molecule has 0 aliphatic rings. The molecule has 0 N–H and O–H groups in total. The summed E-state index contributed by atoms with van der Waals surface area (Å²) in [5.41, 5.74) is -0.267. The van der Waals surface area contributed by atoms with Crippen molar-refractivity contribution < 1.29 is 18.8 Å². The van der Waals surface area contributed by atoms with Gasteiger partial charge in [0.05, 0.1) is 9.95 Å². The Balaban J connectivity index is 2.28. The maximum atomic E-state index is 13.4. The van der Waals surface area contributed by atoms with Crippen LogP contribution in [0.2, 0.25) is 5.02 Å². The van der Waals surface area contributed by atoms with Gasteiger partial charge < -0.3 is 4.74 Å². The van der Waals surface area contributed by atoms with Crippen LogP contribution < -0.4 is 4.74 Å². The smallest absolute Gasteiger partial charge is 0.305 e. The number of rotatable bonds is 4. The minimum atomic E-state index is -1.01. The van der Waals surface area contributed by atoms with Gasteiger partial charge >= 0.3 is 5.69 Å². The van der Waals surface area contributed by atoms with Crippen molar-refractivity contribution in [1.82, 2.24) is 0 Å². The van der Waals surface area contributed by atoms with Crippen LogP contribution in [0.25, 0.3) is 0 Å². The normalized spacial score (nSPS) is 10.1. The standard InChI is InChI=1S/C13H7ClFNO4/c14-10-5-8(7-17)1-4-13(10)20-9-2-3-12(16(18)19)11(15)6-9/h1-7H. The topological polar surface area (TPSA) is 69.4 Å². The minimum Gasteiger partial charge on any atom is -0.456 e. The van der Waals surface area contributed by atoms with Crippen molar-refractivity contribution in [2.45, 2.75) is 0 Å². The predicted molar refractivity (Wildman–Crippen MR) is 70.0 cm³/mol. The Morgan fingerprint density at radius 2 is 2.00 bits per heavy atom. The summed E-state index contributed by atoms with van der Waals surface area (Å²) in [5.74, 6) is -0.729. The summed E-state index contributed by atoms with van der Waals surface area (Å²) < 4.78 is 18.7. The zero-order chi connectivity index (χ0) is 14.7.